The van der Waals surface area contributed by atoms with Crippen molar-refractivity contribution in [1.29, 1.82) is 0 Å². The largest absolute Gasteiger partial charge is 0.544 e. The molecule has 1 unspecified atom stereocenters. The molecule has 0 radical (unpaired) electrons. The summed E-state index contributed by atoms with van der Waals surface area (Å²) in [4.78, 5) is 9.60. The minimum atomic E-state index is -1.12. The van der Waals surface area contributed by atoms with E-state index in [1.807, 2.05) is 0 Å². The fourth-order valence-electron chi connectivity index (χ4n) is 0.228. The third kappa shape index (κ3) is 5.39. The van der Waals surface area contributed by atoms with Gasteiger partial charge in [0.15, 0.2) is 0 Å². The number of carboxylic acid groups (broad SMARTS) is 1. The van der Waals surface area contributed by atoms with Crippen molar-refractivity contribution in [1.82, 2.24) is 0 Å². The number of aliphatic carboxylic acids is 1. The monoisotopic (exact) mass is 104 g/mol. The van der Waals surface area contributed by atoms with Gasteiger partial charge in [-0.05, 0) is 0 Å². The number of nitrogens with one attached hydrogen (secondary N) is 1. The van der Waals surface area contributed by atoms with E-state index in [1.54, 1.807) is 0 Å². The predicted octanol–water partition coefficient (Wildman–Crippen LogP) is -3.88. The zero-order valence-corrected chi connectivity index (χ0v) is 4.10. The van der Waals surface area contributed by atoms with E-state index in [9.17, 15) is 9.90 Å². The normalized spacial score (nSPS) is 13.4. The molecule has 1 atom stereocenters. The second kappa shape index (κ2) is 2.54. The molecule has 0 heterocycles. The number of nitrogens with two attached hydrogens (primary N) is 1. The number of carboxylic acids is 1. The Balaban J connectivity index is 3.13. The summed E-state index contributed by atoms with van der Waals surface area (Å²) >= 11 is 0. The molecule has 0 aliphatic rings. The van der Waals surface area contributed by atoms with E-state index in [0.29, 0.717) is 5.01 Å². The predicted molar refractivity (Wildman–Crippen MR) is 20.9 cm³/mol. The molecule has 0 bridgehead atoms. The highest BCUT2D eigenvalue weighted by Crippen LogP contribution is 1.35. The molecular weight excluding hydrogens is 96.0 g/mol. The van der Waals surface area contributed by atoms with Crippen LogP contribution in [0.4, 0.5) is 0 Å². The number of carbonyl (C=O) groups excluding carboxylic acids is 1. The second-order valence-electron chi connectivity index (χ2n) is 1.40. The van der Waals surface area contributed by atoms with Gasteiger partial charge in [0.2, 0.25) is 0 Å². The number of rotatable bonds is 2. The summed E-state index contributed by atoms with van der Waals surface area (Å²) in [5, 5.41) is 9.97. The zero-order chi connectivity index (χ0) is 5.86. The molecule has 0 saturated heterocycles. The second-order valence-corrected chi connectivity index (χ2v) is 1.40. The highest BCUT2D eigenvalue weighted by molar-refractivity contribution is 5.64. The minimum Gasteiger partial charge on any atom is -0.544 e. The first kappa shape index (κ1) is 6.39. The molecule has 4 heteroatoms. The molecule has 0 amide bonds. The van der Waals surface area contributed by atoms with Crippen molar-refractivity contribution < 1.29 is 14.9 Å². The zero-order valence-electron chi connectivity index (χ0n) is 4.10. The first-order chi connectivity index (χ1) is 3.13. The highest BCUT2D eigenvalue weighted by atomic mass is 16.4. The average Bonchev–Trinajstić information content (AvgIpc) is 1.27. The molecule has 0 aromatic rings. The van der Waals surface area contributed by atoms with E-state index < -0.39 is 5.97 Å². The Morgan fingerprint density at radius 2 is 2.43 bits per heavy atom. The van der Waals surface area contributed by atoms with Gasteiger partial charge in [-0.2, -0.15) is 5.84 Å². The summed E-state index contributed by atoms with van der Waals surface area (Å²) in [6.07, 6.45) is 0. The smallest absolute Gasteiger partial charge is 0.134 e. The van der Waals surface area contributed by atoms with Gasteiger partial charge >= 0.3 is 0 Å². The van der Waals surface area contributed by atoms with Gasteiger partial charge in [-0.3, -0.25) is 5.01 Å². The van der Waals surface area contributed by atoms with Crippen LogP contribution in [0.3, 0.4) is 0 Å². The maximum atomic E-state index is 9.60. The van der Waals surface area contributed by atoms with Crippen LogP contribution in [0.5, 0.6) is 0 Å². The lowest BCUT2D eigenvalue weighted by Crippen LogP contribution is -3.16. The molecule has 0 rings (SSSR count). The molecule has 0 aliphatic heterocycles. The molecule has 0 spiro atoms. The topological polar surface area (TPSA) is 70.6 Å². The molecule has 0 aromatic heterocycles. The van der Waals surface area contributed by atoms with Crippen LogP contribution in [-0.4, -0.2) is 19.6 Å². The van der Waals surface area contributed by atoms with Gasteiger partial charge in [-0.15, -0.1) is 0 Å². The summed E-state index contributed by atoms with van der Waals surface area (Å²) in [6.45, 7) is -0.139. The van der Waals surface area contributed by atoms with Gasteiger partial charge in [0.05, 0.1) is 13.0 Å². The van der Waals surface area contributed by atoms with E-state index in [1.165, 1.54) is 7.05 Å². The van der Waals surface area contributed by atoms with Crippen LogP contribution in [0.15, 0.2) is 0 Å². The number of hydrogen-bond acceptors (Lipinski definition) is 3. The molecule has 0 saturated carbocycles. The number of likely N-dealkylation sites (N-methyl/N-ethyl adjacent to an activating group) is 1. The minimum absolute atomic E-state index is 0.139. The van der Waals surface area contributed by atoms with Gasteiger partial charge in [0.25, 0.3) is 0 Å². The summed E-state index contributed by atoms with van der Waals surface area (Å²) < 4.78 is 0. The molecule has 4 nitrogen and oxygen atoms in total. The molecule has 7 heavy (non-hydrogen) atoms. The fraction of sp³-hybridized carbons (Fsp3) is 0.667. The molecule has 42 valence electrons. The van der Waals surface area contributed by atoms with Crippen molar-refractivity contribution in [3.8, 4) is 0 Å². The van der Waals surface area contributed by atoms with Crippen molar-refractivity contribution in [2.24, 2.45) is 5.84 Å². The van der Waals surface area contributed by atoms with Crippen LogP contribution in [0.2, 0.25) is 0 Å². The number of quaternary nitrogens is 1. The summed E-state index contributed by atoms with van der Waals surface area (Å²) in [5.74, 6) is 3.86. The lowest BCUT2D eigenvalue weighted by Gasteiger charge is -2.04. The third-order valence-corrected chi connectivity index (χ3v) is 0.423. The number of hydrogen-bond donors (Lipinski definition) is 2. The van der Waals surface area contributed by atoms with E-state index in [0.717, 1.165) is 0 Å². The van der Waals surface area contributed by atoms with Crippen molar-refractivity contribution >= 4 is 5.97 Å². The Labute approximate surface area is 41.5 Å². The van der Waals surface area contributed by atoms with Gasteiger partial charge < -0.3 is 9.90 Å². The Bertz CT molecular complexity index is 71.3. The fourth-order valence-corrected chi connectivity index (χ4v) is 0.228. The molecule has 3 N–H and O–H groups in total. The summed E-state index contributed by atoms with van der Waals surface area (Å²) in [5.41, 5.74) is 0. The first-order valence-corrected chi connectivity index (χ1v) is 1.90. The van der Waals surface area contributed by atoms with Crippen molar-refractivity contribution in [2.45, 2.75) is 0 Å². The Kier molecular flexibility index (Phi) is 2.32. The van der Waals surface area contributed by atoms with Gasteiger partial charge in [0, 0.05) is 0 Å². The van der Waals surface area contributed by atoms with Crippen molar-refractivity contribution in [3.05, 3.63) is 0 Å². The van der Waals surface area contributed by atoms with Crippen LogP contribution in [0, 0.1) is 0 Å². The van der Waals surface area contributed by atoms with Gasteiger partial charge in [-0.25, -0.2) is 0 Å². The lowest BCUT2D eigenvalue weighted by atomic mass is 10.7. The lowest BCUT2D eigenvalue weighted by molar-refractivity contribution is -0.886. The molecule has 0 aliphatic carbocycles. The SMILES string of the molecule is C[NH+](N)CC(=O)[O-]. The van der Waals surface area contributed by atoms with Crippen LogP contribution in [0.1, 0.15) is 0 Å². The Hall–Kier alpha value is -0.610. The maximum Gasteiger partial charge on any atom is 0.134 e. The third-order valence-electron chi connectivity index (χ3n) is 0.423. The molecule has 0 aromatic carbocycles. The standard InChI is InChI=1S/C3H8N2O2/c1-5(4)2-3(6)7/h2,4H2,1H3,(H,6,7). The highest BCUT2D eigenvalue weighted by Gasteiger charge is 1.89. The van der Waals surface area contributed by atoms with Crippen LogP contribution in [0.25, 0.3) is 0 Å². The van der Waals surface area contributed by atoms with Gasteiger partial charge in [0.1, 0.15) is 6.54 Å². The first-order valence-electron chi connectivity index (χ1n) is 1.90. The summed E-state index contributed by atoms with van der Waals surface area (Å²) in [7, 11) is 1.54. The van der Waals surface area contributed by atoms with Crippen LogP contribution >= 0.6 is 0 Å². The summed E-state index contributed by atoms with van der Waals surface area (Å²) in [6, 6.07) is 0. The van der Waals surface area contributed by atoms with Gasteiger partial charge in [-0.1, -0.05) is 0 Å². The van der Waals surface area contributed by atoms with E-state index in [2.05, 4.69) is 0 Å². The molecule has 0 fully saturated rings. The van der Waals surface area contributed by atoms with Crippen molar-refractivity contribution in [2.75, 3.05) is 13.6 Å². The van der Waals surface area contributed by atoms with E-state index in [4.69, 9.17) is 5.84 Å². The number of carbonyl (C=O) groups is 1. The van der Waals surface area contributed by atoms with Crippen LogP contribution in [-0.2, 0) is 4.79 Å². The Morgan fingerprint density at radius 1 is 2.00 bits per heavy atom. The average molecular weight is 104 g/mol. The maximum absolute atomic E-state index is 9.60. The van der Waals surface area contributed by atoms with Crippen molar-refractivity contribution in [3.63, 3.8) is 0 Å². The molecular formula is C3H8N2O2. The van der Waals surface area contributed by atoms with Crippen LogP contribution < -0.4 is 16.0 Å². The Morgan fingerprint density at radius 3 is 2.43 bits per heavy atom. The van der Waals surface area contributed by atoms with E-state index >= 15 is 0 Å². The van der Waals surface area contributed by atoms with E-state index in [-0.39, 0.29) is 6.54 Å². The quantitative estimate of drug-likeness (QED) is 0.278.